The van der Waals surface area contributed by atoms with Crippen molar-refractivity contribution in [2.45, 2.75) is 52.7 Å². The Hall–Kier alpha value is -1.56. The maximum atomic E-state index is 12.2. The molecule has 1 amide bonds. The Morgan fingerprint density at radius 2 is 2.14 bits per heavy atom. The maximum Gasteiger partial charge on any atom is 0.410 e. The van der Waals surface area contributed by atoms with Crippen molar-refractivity contribution in [3.63, 3.8) is 0 Å². The van der Waals surface area contributed by atoms with Gasteiger partial charge in [0.25, 0.3) is 0 Å². The van der Waals surface area contributed by atoms with Crippen molar-refractivity contribution in [1.29, 1.82) is 0 Å². The first-order valence-electron chi connectivity index (χ1n) is 7.93. The van der Waals surface area contributed by atoms with Crippen molar-refractivity contribution in [2.24, 2.45) is 7.05 Å². The van der Waals surface area contributed by atoms with Gasteiger partial charge >= 0.3 is 6.09 Å². The molecule has 1 aromatic heterocycles. The summed E-state index contributed by atoms with van der Waals surface area (Å²) in [7, 11) is 1.98. The Labute approximate surface area is 133 Å². The van der Waals surface area contributed by atoms with Gasteiger partial charge in [-0.1, -0.05) is 6.92 Å². The summed E-state index contributed by atoms with van der Waals surface area (Å²) >= 11 is 0. The van der Waals surface area contributed by atoms with E-state index in [2.05, 4.69) is 24.1 Å². The quantitative estimate of drug-likeness (QED) is 0.841. The highest BCUT2D eigenvalue weighted by Crippen LogP contribution is 2.11. The van der Waals surface area contributed by atoms with E-state index in [1.807, 2.05) is 38.6 Å². The number of hydrogen-bond acceptors (Lipinski definition) is 4. The Morgan fingerprint density at radius 3 is 2.64 bits per heavy atom. The van der Waals surface area contributed by atoms with Gasteiger partial charge in [0.15, 0.2) is 0 Å². The van der Waals surface area contributed by atoms with Crippen LogP contribution >= 0.6 is 0 Å². The second-order valence-corrected chi connectivity index (χ2v) is 6.54. The van der Waals surface area contributed by atoms with Gasteiger partial charge in [-0.15, -0.1) is 0 Å². The van der Waals surface area contributed by atoms with Gasteiger partial charge in [-0.3, -0.25) is 0 Å². The number of nitrogens with zero attached hydrogens (tertiary/aromatic N) is 3. The van der Waals surface area contributed by atoms with Gasteiger partial charge in [0.1, 0.15) is 11.4 Å². The Morgan fingerprint density at radius 1 is 1.45 bits per heavy atom. The Balaban J connectivity index is 2.47. The van der Waals surface area contributed by atoms with Crippen molar-refractivity contribution in [3.05, 3.63) is 18.2 Å². The van der Waals surface area contributed by atoms with Gasteiger partial charge in [0.05, 0.1) is 6.04 Å². The van der Waals surface area contributed by atoms with Crippen molar-refractivity contribution in [1.82, 2.24) is 19.8 Å². The van der Waals surface area contributed by atoms with Crippen molar-refractivity contribution in [3.8, 4) is 0 Å². The molecule has 1 N–H and O–H groups in total. The summed E-state index contributed by atoms with van der Waals surface area (Å²) in [6.45, 7) is 11.8. The van der Waals surface area contributed by atoms with Crippen LogP contribution in [0.25, 0.3) is 0 Å². The largest absolute Gasteiger partial charge is 0.444 e. The van der Waals surface area contributed by atoms with Crippen LogP contribution < -0.4 is 5.32 Å². The number of carbonyl (C=O) groups excluding carboxylic acids is 1. The molecule has 0 radical (unpaired) electrons. The summed E-state index contributed by atoms with van der Waals surface area (Å²) in [5.41, 5.74) is -0.462. The molecule has 1 rings (SSSR count). The van der Waals surface area contributed by atoms with Crippen LogP contribution in [0.5, 0.6) is 0 Å². The monoisotopic (exact) mass is 310 g/mol. The average molecular weight is 310 g/mol. The number of carbonyl (C=O) groups is 1. The number of imidazole rings is 1. The molecule has 0 aromatic carbocycles. The van der Waals surface area contributed by atoms with E-state index < -0.39 is 5.60 Å². The molecule has 0 saturated carbocycles. The van der Waals surface area contributed by atoms with Crippen LogP contribution in [-0.4, -0.2) is 45.8 Å². The molecular formula is C16H30N4O2. The number of nitrogens with one attached hydrogen (secondary N) is 1. The van der Waals surface area contributed by atoms with E-state index in [4.69, 9.17) is 4.74 Å². The van der Waals surface area contributed by atoms with E-state index in [1.54, 1.807) is 11.1 Å². The molecule has 1 atom stereocenters. The molecule has 22 heavy (non-hydrogen) atoms. The summed E-state index contributed by atoms with van der Waals surface area (Å²) in [5.74, 6) is 0.985. The van der Waals surface area contributed by atoms with E-state index in [-0.39, 0.29) is 12.1 Å². The fourth-order valence-electron chi connectivity index (χ4n) is 2.19. The van der Waals surface area contributed by atoms with E-state index in [0.29, 0.717) is 19.6 Å². The molecule has 0 saturated heterocycles. The number of hydrogen-bond donors (Lipinski definition) is 1. The fraction of sp³-hybridized carbons (Fsp3) is 0.750. The topological polar surface area (TPSA) is 59.4 Å². The maximum absolute atomic E-state index is 12.2. The third-order valence-corrected chi connectivity index (χ3v) is 3.22. The van der Waals surface area contributed by atoms with E-state index in [9.17, 15) is 4.79 Å². The molecule has 1 unspecified atom stereocenters. The SMILES string of the molecule is CCCN(CCNC(C)c1nccn1C)C(=O)OC(C)(C)C. The standard InChI is InChI=1S/C16H30N4O2/c1-7-10-20(15(21)22-16(3,4)5)12-9-17-13(2)14-18-8-11-19(14)6/h8,11,13,17H,7,9-10,12H2,1-6H3. The molecule has 0 aliphatic rings. The molecule has 6 nitrogen and oxygen atoms in total. The number of aryl methyl sites for hydroxylation is 1. The van der Waals surface area contributed by atoms with Crippen LogP contribution in [0.2, 0.25) is 0 Å². The molecule has 0 fully saturated rings. The van der Waals surface area contributed by atoms with Crippen molar-refractivity contribution < 1.29 is 9.53 Å². The lowest BCUT2D eigenvalue weighted by Gasteiger charge is -2.27. The van der Waals surface area contributed by atoms with Crippen LogP contribution in [0.15, 0.2) is 12.4 Å². The number of amides is 1. The molecular weight excluding hydrogens is 280 g/mol. The molecule has 1 heterocycles. The molecule has 126 valence electrons. The highest BCUT2D eigenvalue weighted by atomic mass is 16.6. The summed E-state index contributed by atoms with van der Waals surface area (Å²) in [6.07, 6.45) is 4.38. The second-order valence-electron chi connectivity index (χ2n) is 6.54. The third-order valence-electron chi connectivity index (χ3n) is 3.22. The fourth-order valence-corrected chi connectivity index (χ4v) is 2.19. The van der Waals surface area contributed by atoms with Crippen LogP contribution in [0, 0.1) is 0 Å². The summed E-state index contributed by atoms with van der Waals surface area (Å²) < 4.78 is 7.44. The molecule has 0 aliphatic heterocycles. The van der Waals surface area contributed by atoms with Gasteiger partial charge in [-0.05, 0) is 34.1 Å². The van der Waals surface area contributed by atoms with E-state index >= 15 is 0 Å². The highest BCUT2D eigenvalue weighted by Gasteiger charge is 2.21. The molecule has 6 heteroatoms. The Bertz CT molecular complexity index is 465. The van der Waals surface area contributed by atoms with Gasteiger partial charge in [0.2, 0.25) is 0 Å². The first-order valence-corrected chi connectivity index (χ1v) is 7.93. The minimum atomic E-state index is -0.462. The second kappa shape index (κ2) is 8.17. The van der Waals surface area contributed by atoms with Gasteiger partial charge in [-0.25, -0.2) is 9.78 Å². The normalized spacial score (nSPS) is 13.0. The molecule has 0 spiro atoms. The van der Waals surface area contributed by atoms with Crippen molar-refractivity contribution in [2.75, 3.05) is 19.6 Å². The van der Waals surface area contributed by atoms with E-state index in [0.717, 1.165) is 12.2 Å². The Kier molecular flexibility index (Phi) is 6.87. The number of rotatable bonds is 7. The van der Waals surface area contributed by atoms with Crippen LogP contribution in [-0.2, 0) is 11.8 Å². The summed E-state index contributed by atoms with van der Waals surface area (Å²) in [4.78, 5) is 18.2. The predicted octanol–water partition coefficient (Wildman–Crippen LogP) is 2.72. The van der Waals surface area contributed by atoms with Crippen LogP contribution in [0.4, 0.5) is 4.79 Å². The minimum Gasteiger partial charge on any atom is -0.444 e. The third kappa shape index (κ3) is 6.05. The van der Waals surface area contributed by atoms with Gasteiger partial charge < -0.3 is 19.5 Å². The van der Waals surface area contributed by atoms with Crippen LogP contribution in [0.1, 0.15) is 52.9 Å². The first kappa shape index (κ1) is 18.5. The zero-order valence-corrected chi connectivity index (χ0v) is 14.7. The van der Waals surface area contributed by atoms with Crippen molar-refractivity contribution >= 4 is 6.09 Å². The predicted molar refractivity (Wildman–Crippen MR) is 87.7 cm³/mol. The smallest absolute Gasteiger partial charge is 0.410 e. The molecule has 0 aliphatic carbocycles. The van der Waals surface area contributed by atoms with Crippen LogP contribution in [0.3, 0.4) is 0 Å². The van der Waals surface area contributed by atoms with Gasteiger partial charge in [0, 0.05) is 39.1 Å². The average Bonchev–Trinajstić information content (AvgIpc) is 2.81. The lowest BCUT2D eigenvalue weighted by molar-refractivity contribution is 0.0250. The zero-order chi connectivity index (χ0) is 16.8. The number of ether oxygens (including phenoxy) is 1. The highest BCUT2D eigenvalue weighted by molar-refractivity contribution is 5.68. The minimum absolute atomic E-state index is 0.141. The van der Waals surface area contributed by atoms with Gasteiger partial charge in [-0.2, -0.15) is 0 Å². The lowest BCUT2D eigenvalue weighted by atomic mass is 10.2. The van der Waals surface area contributed by atoms with E-state index in [1.165, 1.54) is 0 Å². The summed E-state index contributed by atoms with van der Waals surface area (Å²) in [6, 6.07) is 0.141. The summed E-state index contributed by atoms with van der Waals surface area (Å²) in [5, 5.41) is 3.40. The molecule has 1 aromatic rings. The lowest BCUT2D eigenvalue weighted by Crippen LogP contribution is -2.41. The zero-order valence-electron chi connectivity index (χ0n) is 14.7. The molecule has 0 bridgehead atoms. The number of aromatic nitrogens is 2. The first-order chi connectivity index (χ1) is 10.2.